The number of rotatable bonds is 8. The fourth-order valence-corrected chi connectivity index (χ4v) is 3.68. The predicted molar refractivity (Wildman–Crippen MR) is 110 cm³/mol. The van der Waals surface area contributed by atoms with E-state index in [1.807, 2.05) is 13.8 Å². The molecule has 0 spiro atoms. The van der Waals surface area contributed by atoms with Crippen LogP contribution in [-0.4, -0.2) is 37.0 Å². The molecule has 5 nitrogen and oxygen atoms in total. The molecule has 1 unspecified atom stereocenters. The monoisotopic (exact) mass is 481 g/mol. The summed E-state index contributed by atoms with van der Waals surface area (Å²) in [6.45, 7) is 4.68. The Bertz CT molecular complexity index is 785. The first-order valence-corrected chi connectivity index (χ1v) is 10.9. The third kappa shape index (κ3) is 8.53. The van der Waals surface area contributed by atoms with Gasteiger partial charge >= 0.3 is 12.4 Å². The fraction of sp³-hybridized carbons (Fsp3) is 0.636. The minimum absolute atomic E-state index is 0.00183. The summed E-state index contributed by atoms with van der Waals surface area (Å²) in [4.78, 5) is 24.2. The number of hydrogen-bond acceptors (Lipinski definition) is 3. The van der Waals surface area contributed by atoms with Crippen molar-refractivity contribution >= 4 is 11.8 Å². The molecule has 1 saturated carbocycles. The van der Waals surface area contributed by atoms with Crippen molar-refractivity contribution in [3.8, 4) is 0 Å². The zero-order chi connectivity index (χ0) is 24.8. The Morgan fingerprint density at radius 2 is 1.52 bits per heavy atom. The highest BCUT2D eigenvalue weighted by Crippen LogP contribution is 2.36. The molecule has 2 rings (SSSR count). The van der Waals surface area contributed by atoms with E-state index in [0.29, 0.717) is 44.4 Å². The van der Waals surface area contributed by atoms with Crippen LogP contribution in [0.3, 0.4) is 0 Å². The number of carbonyl (C=O) groups excluding carboxylic acids is 2. The van der Waals surface area contributed by atoms with E-state index in [-0.39, 0.29) is 36.5 Å². The van der Waals surface area contributed by atoms with E-state index < -0.39 is 35.0 Å². The molecule has 3 N–H and O–H groups in total. The molecule has 0 aliphatic heterocycles. The van der Waals surface area contributed by atoms with Gasteiger partial charge in [0.25, 0.3) is 5.91 Å². The summed E-state index contributed by atoms with van der Waals surface area (Å²) in [5.41, 5.74) is -3.71. The van der Waals surface area contributed by atoms with Crippen LogP contribution in [0, 0.1) is 5.92 Å². The van der Waals surface area contributed by atoms with Crippen LogP contribution in [0.15, 0.2) is 18.2 Å². The highest BCUT2D eigenvalue weighted by atomic mass is 19.4. The first kappa shape index (κ1) is 26.9. The first-order chi connectivity index (χ1) is 15.3. The number of nitrogens with one attached hydrogen (secondary N) is 3. The molecule has 33 heavy (non-hydrogen) atoms. The van der Waals surface area contributed by atoms with Gasteiger partial charge in [0.1, 0.15) is 0 Å². The molecular weight excluding hydrogens is 452 g/mol. The summed E-state index contributed by atoms with van der Waals surface area (Å²) >= 11 is 0. The first-order valence-electron chi connectivity index (χ1n) is 10.9. The Kier molecular flexibility index (Phi) is 9.16. The largest absolute Gasteiger partial charge is 0.416 e. The molecule has 11 heteroatoms. The molecule has 1 fully saturated rings. The van der Waals surface area contributed by atoms with E-state index in [4.69, 9.17) is 0 Å². The molecule has 1 aromatic rings. The van der Waals surface area contributed by atoms with Crippen molar-refractivity contribution in [3.63, 3.8) is 0 Å². The molecule has 1 aliphatic carbocycles. The van der Waals surface area contributed by atoms with E-state index in [2.05, 4.69) is 16.0 Å². The van der Waals surface area contributed by atoms with E-state index in [9.17, 15) is 35.9 Å². The summed E-state index contributed by atoms with van der Waals surface area (Å²) in [7, 11) is 0. The average molecular weight is 481 g/mol. The van der Waals surface area contributed by atoms with Gasteiger partial charge in [0.05, 0.1) is 17.7 Å². The van der Waals surface area contributed by atoms with Crippen molar-refractivity contribution in [2.75, 3.05) is 13.1 Å². The standard InChI is InChI=1S/C22H29F6N3O2/c1-3-13(2)30-19(32)12-29-11-14-4-6-18(7-5-14)31-20(33)15-8-16(21(23,24)25)10-17(9-15)22(26,27)28/h8-10,13-14,18,29H,3-7,11-12H2,1-2H3,(H,30,32)(H,31,33)/t13?,14-,18-. The van der Waals surface area contributed by atoms with Crippen molar-refractivity contribution in [2.24, 2.45) is 5.92 Å². The molecule has 2 amide bonds. The van der Waals surface area contributed by atoms with Crippen LogP contribution < -0.4 is 16.0 Å². The predicted octanol–water partition coefficient (Wildman–Crippen LogP) is 4.52. The molecule has 0 aromatic heterocycles. The smallest absolute Gasteiger partial charge is 0.353 e. The topological polar surface area (TPSA) is 70.2 Å². The van der Waals surface area contributed by atoms with Gasteiger partial charge in [-0.05, 0) is 69.7 Å². The number of halogens is 6. The van der Waals surface area contributed by atoms with E-state index in [1.54, 1.807) is 0 Å². The lowest BCUT2D eigenvalue weighted by atomic mass is 9.86. The van der Waals surface area contributed by atoms with Gasteiger partial charge in [0.15, 0.2) is 0 Å². The minimum atomic E-state index is -5.01. The molecule has 0 saturated heterocycles. The highest BCUT2D eigenvalue weighted by molar-refractivity contribution is 5.94. The molecule has 0 radical (unpaired) electrons. The molecule has 0 bridgehead atoms. The molecule has 1 aromatic carbocycles. The highest BCUT2D eigenvalue weighted by Gasteiger charge is 2.37. The maximum Gasteiger partial charge on any atom is 0.416 e. The molecule has 186 valence electrons. The van der Waals surface area contributed by atoms with Gasteiger partial charge in [0, 0.05) is 17.6 Å². The van der Waals surface area contributed by atoms with E-state index in [1.165, 1.54) is 0 Å². The second-order valence-corrected chi connectivity index (χ2v) is 8.49. The molecule has 1 aliphatic rings. The van der Waals surface area contributed by atoms with Gasteiger partial charge in [-0.3, -0.25) is 9.59 Å². The van der Waals surface area contributed by atoms with Crippen LogP contribution in [0.4, 0.5) is 26.3 Å². The van der Waals surface area contributed by atoms with Crippen molar-refractivity contribution in [1.29, 1.82) is 0 Å². The average Bonchev–Trinajstić information content (AvgIpc) is 2.73. The number of alkyl halides is 6. The van der Waals surface area contributed by atoms with Crippen LogP contribution >= 0.6 is 0 Å². The van der Waals surface area contributed by atoms with Crippen LogP contribution in [0.2, 0.25) is 0 Å². The van der Waals surface area contributed by atoms with Crippen LogP contribution in [0.5, 0.6) is 0 Å². The lowest BCUT2D eigenvalue weighted by Gasteiger charge is -2.29. The number of hydrogen-bond donors (Lipinski definition) is 3. The van der Waals surface area contributed by atoms with Gasteiger partial charge in [-0.1, -0.05) is 6.92 Å². The Morgan fingerprint density at radius 1 is 0.970 bits per heavy atom. The summed E-state index contributed by atoms with van der Waals surface area (Å²) in [6, 6.07) is 0.626. The normalized spacial score (nSPS) is 20.2. The summed E-state index contributed by atoms with van der Waals surface area (Å²) in [6.07, 6.45) is -6.67. The third-order valence-electron chi connectivity index (χ3n) is 5.77. The Labute approximate surface area is 188 Å². The lowest BCUT2D eigenvalue weighted by molar-refractivity contribution is -0.143. The van der Waals surface area contributed by atoms with Gasteiger partial charge in [-0.2, -0.15) is 26.3 Å². The number of amides is 2. The van der Waals surface area contributed by atoms with Crippen molar-refractivity contribution in [3.05, 3.63) is 34.9 Å². The number of benzene rings is 1. The maximum absolute atomic E-state index is 13.0. The Balaban J connectivity index is 1.88. The zero-order valence-corrected chi connectivity index (χ0v) is 18.5. The second-order valence-electron chi connectivity index (χ2n) is 8.49. The van der Waals surface area contributed by atoms with Crippen LogP contribution in [-0.2, 0) is 17.1 Å². The van der Waals surface area contributed by atoms with Gasteiger partial charge in [0.2, 0.25) is 5.91 Å². The van der Waals surface area contributed by atoms with E-state index in [0.717, 1.165) is 6.42 Å². The Hall–Kier alpha value is -2.30. The van der Waals surface area contributed by atoms with Gasteiger partial charge < -0.3 is 16.0 Å². The molecule has 0 heterocycles. The van der Waals surface area contributed by atoms with E-state index >= 15 is 0 Å². The summed E-state index contributed by atoms with van der Waals surface area (Å²) < 4.78 is 78.0. The maximum atomic E-state index is 13.0. The molecule has 1 atom stereocenters. The van der Waals surface area contributed by atoms with Gasteiger partial charge in [-0.15, -0.1) is 0 Å². The lowest BCUT2D eigenvalue weighted by Crippen LogP contribution is -2.42. The van der Waals surface area contributed by atoms with Crippen molar-refractivity contribution in [1.82, 2.24) is 16.0 Å². The van der Waals surface area contributed by atoms with Gasteiger partial charge in [-0.25, -0.2) is 0 Å². The SMILES string of the molecule is CCC(C)NC(=O)CNC[C@H]1CC[C@H](NC(=O)c2cc(C(F)(F)F)cc(C(F)(F)F)c2)CC1. The summed E-state index contributed by atoms with van der Waals surface area (Å²) in [5, 5.41) is 8.50. The number of carbonyl (C=O) groups is 2. The van der Waals surface area contributed by atoms with Crippen LogP contribution in [0.25, 0.3) is 0 Å². The van der Waals surface area contributed by atoms with Crippen molar-refractivity contribution < 1.29 is 35.9 Å². The third-order valence-corrected chi connectivity index (χ3v) is 5.77. The second kappa shape index (κ2) is 11.2. The van der Waals surface area contributed by atoms with Crippen LogP contribution in [0.1, 0.15) is 67.4 Å². The minimum Gasteiger partial charge on any atom is -0.353 e. The zero-order valence-electron chi connectivity index (χ0n) is 18.5. The molecular formula is C22H29F6N3O2. The summed E-state index contributed by atoms with van der Waals surface area (Å²) in [5.74, 6) is -0.792. The van der Waals surface area contributed by atoms with Crippen molar-refractivity contribution in [2.45, 2.75) is 70.4 Å². The Morgan fingerprint density at radius 3 is 2.00 bits per heavy atom. The quantitative estimate of drug-likeness (QED) is 0.479. The fourth-order valence-electron chi connectivity index (χ4n) is 3.68.